The number of rotatable bonds is 5. The highest BCUT2D eigenvalue weighted by atomic mass is 32.2. The molecular formula is C14H16N2O3S. The largest absolute Gasteiger partial charge is 0.478 e. The van der Waals surface area contributed by atoms with Crippen LogP contribution in [0.15, 0.2) is 35.1 Å². The highest BCUT2D eigenvalue weighted by Gasteiger charge is 2.16. The van der Waals surface area contributed by atoms with E-state index in [1.54, 1.807) is 11.9 Å². The first-order valence-electron chi connectivity index (χ1n) is 6.35. The second-order valence-electron chi connectivity index (χ2n) is 4.52. The average molecular weight is 292 g/mol. The highest BCUT2D eigenvalue weighted by Crippen LogP contribution is 2.22. The zero-order valence-electron chi connectivity index (χ0n) is 11.2. The van der Waals surface area contributed by atoms with E-state index in [1.807, 2.05) is 0 Å². The number of hydrogen-bond acceptors (Lipinski definition) is 4. The Morgan fingerprint density at radius 1 is 1.50 bits per heavy atom. The molecular weight excluding hydrogens is 276 g/mol. The van der Waals surface area contributed by atoms with Crippen molar-refractivity contribution >= 4 is 23.6 Å². The Labute approximate surface area is 121 Å². The molecule has 0 unspecified atom stereocenters. The van der Waals surface area contributed by atoms with Gasteiger partial charge >= 0.3 is 5.97 Å². The third kappa shape index (κ3) is 3.60. The number of aromatic nitrogens is 1. The van der Waals surface area contributed by atoms with Crippen molar-refractivity contribution in [1.29, 1.82) is 0 Å². The van der Waals surface area contributed by atoms with Crippen molar-refractivity contribution in [2.45, 2.75) is 24.3 Å². The number of carboxylic acid groups (broad SMARTS) is 1. The lowest BCUT2D eigenvalue weighted by atomic mass is 10.3. The first kappa shape index (κ1) is 14.6. The first-order valence-corrected chi connectivity index (χ1v) is 7.34. The molecule has 106 valence electrons. The van der Waals surface area contributed by atoms with Crippen LogP contribution in [0, 0.1) is 0 Å². The summed E-state index contributed by atoms with van der Waals surface area (Å²) in [6.07, 6.45) is 6.61. The van der Waals surface area contributed by atoms with E-state index in [4.69, 9.17) is 5.11 Å². The van der Waals surface area contributed by atoms with Crippen LogP contribution in [0.4, 0.5) is 0 Å². The predicted octanol–water partition coefficient (Wildman–Crippen LogP) is 2.40. The number of aromatic carboxylic acids is 1. The van der Waals surface area contributed by atoms with E-state index < -0.39 is 5.97 Å². The predicted molar refractivity (Wildman–Crippen MR) is 76.6 cm³/mol. The van der Waals surface area contributed by atoms with Crippen molar-refractivity contribution < 1.29 is 14.7 Å². The molecule has 1 aromatic heterocycles. The summed E-state index contributed by atoms with van der Waals surface area (Å²) in [6.45, 7) is 0. The van der Waals surface area contributed by atoms with Gasteiger partial charge in [-0.3, -0.25) is 4.79 Å². The lowest BCUT2D eigenvalue weighted by Crippen LogP contribution is -2.27. The Balaban J connectivity index is 1.93. The average Bonchev–Trinajstić information content (AvgIpc) is 2.98. The van der Waals surface area contributed by atoms with E-state index >= 15 is 0 Å². The second kappa shape index (κ2) is 6.56. The minimum absolute atomic E-state index is 0.00526. The molecule has 1 amide bonds. The summed E-state index contributed by atoms with van der Waals surface area (Å²) < 4.78 is 0. The molecule has 0 spiro atoms. The second-order valence-corrected chi connectivity index (χ2v) is 5.51. The van der Waals surface area contributed by atoms with Gasteiger partial charge in [0.05, 0.1) is 16.3 Å². The van der Waals surface area contributed by atoms with Crippen molar-refractivity contribution in [1.82, 2.24) is 9.88 Å². The molecule has 0 fully saturated rings. The summed E-state index contributed by atoms with van der Waals surface area (Å²) in [7, 11) is 1.78. The van der Waals surface area contributed by atoms with Crippen molar-refractivity contribution in [2.75, 3.05) is 12.8 Å². The lowest BCUT2D eigenvalue weighted by Gasteiger charge is -2.18. The third-order valence-electron chi connectivity index (χ3n) is 3.15. The number of carbonyl (C=O) groups is 2. The van der Waals surface area contributed by atoms with Crippen LogP contribution in [0.5, 0.6) is 0 Å². The molecule has 1 aliphatic rings. The van der Waals surface area contributed by atoms with Gasteiger partial charge in [-0.05, 0) is 31.4 Å². The van der Waals surface area contributed by atoms with Gasteiger partial charge < -0.3 is 10.0 Å². The van der Waals surface area contributed by atoms with E-state index in [0.29, 0.717) is 5.03 Å². The smallest absolute Gasteiger partial charge is 0.335 e. The summed E-state index contributed by atoms with van der Waals surface area (Å²) in [5, 5.41) is 9.45. The summed E-state index contributed by atoms with van der Waals surface area (Å²) in [5.41, 5.74) is 1.25. The van der Waals surface area contributed by atoms with Crippen LogP contribution in [-0.4, -0.2) is 39.7 Å². The number of carboxylic acids is 1. The molecule has 0 radical (unpaired) electrons. The molecule has 2 rings (SSSR count). The molecule has 1 aromatic rings. The first-order chi connectivity index (χ1) is 9.58. The van der Waals surface area contributed by atoms with Gasteiger partial charge in [0.15, 0.2) is 0 Å². The van der Waals surface area contributed by atoms with Crippen molar-refractivity contribution in [3.8, 4) is 0 Å². The standard InChI is InChI=1S/C14H16N2O3S/c1-16(11-4-2-3-5-11)13(17)9-20-12-8-10(14(18)19)6-7-15-12/h4,6-8H,2-3,5,9H2,1H3,(H,18,19). The maximum absolute atomic E-state index is 12.0. The number of amides is 1. The van der Waals surface area contributed by atoms with E-state index in [-0.39, 0.29) is 17.2 Å². The van der Waals surface area contributed by atoms with E-state index in [1.165, 1.54) is 30.1 Å². The minimum atomic E-state index is -0.992. The molecule has 20 heavy (non-hydrogen) atoms. The van der Waals surface area contributed by atoms with E-state index in [9.17, 15) is 9.59 Å². The van der Waals surface area contributed by atoms with Crippen LogP contribution in [0.3, 0.4) is 0 Å². The van der Waals surface area contributed by atoms with Gasteiger partial charge in [0.25, 0.3) is 0 Å². The molecule has 0 aliphatic heterocycles. The molecule has 6 heteroatoms. The maximum Gasteiger partial charge on any atom is 0.335 e. The number of hydrogen-bond donors (Lipinski definition) is 1. The van der Waals surface area contributed by atoms with Gasteiger partial charge in [0.1, 0.15) is 0 Å². The van der Waals surface area contributed by atoms with E-state index in [2.05, 4.69) is 11.1 Å². The third-order valence-corrected chi connectivity index (χ3v) is 4.06. The fourth-order valence-corrected chi connectivity index (χ4v) is 2.78. The van der Waals surface area contributed by atoms with Crippen LogP contribution >= 0.6 is 11.8 Å². The van der Waals surface area contributed by atoms with Crippen LogP contribution in [0.1, 0.15) is 29.6 Å². The zero-order chi connectivity index (χ0) is 14.5. The molecule has 0 saturated carbocycles. The molecule has 0 aromatic carbocycles. The number of carbonyl (C=O) groups excluding carboxylic acids is 1. The van der Waals surface area contributed by atoms with Crippen LogP contribution in [0.25, 0.3) is 0 Å². The summed E-state index contributed by atoms with van der Waals surface area (Å²) >= 11 is 1.25. The van der Waals surface area contributed by atoms with Gasteiger partial charge in [-0.1, -0.05) is 17.8 Å². The van der Waals surface area contributed by atoms with Crippen molar-refractivity contribution in [3.63, 3.8) is 0 Å². The van der Waals surface area contributed by atoms with Crippen molar-refractivity contribution in [2.24, 2.45) is 0 Å². The number of thioether (sulfide) groups is 1. The number of nitrogens with zero attached hydrogens (tertiary/aromatic N) is 2. The molecule has 0 saturated heterocycles. The zero-order valence-corrected chi connectivity index (χ0v) is 12.0. The van der Waals surface area contributed by atoms with Crippen LogP contribution < -0.4 is 0 Å². The van der Waals surface area contributed by atoms with E-state index in [0.717, 1.165) is 25.0 Å². The highest BCUT2D eigenvalue weighted by molar-refractivity contribution is 7.99. The Morgan fingerprint density at radius 2 is 2.30 bits per heavy atom. The van der Waals surface area contributed by atoms with Crippen molar-refractivity contribution in [3.05, 3.63) is 35.7 Å². The minimum Gasteiger partial charge on any atom is -0.478 e. The van der Waals surface area contributed by atoms with Gasteiger partial charge in [0.2, 0.25) is 5.91 Å². The summed E-state index contributed by atoms with van der Waals surface area (Å²) in [6, 6.07) is 2.92. The number of allylic oxidation sites excluding steroid dienone is 2. The maximum atomic E-state index is 12.0. The molecule has 1 N–H and O–H groups in total. The van der Waals surface area contributed by atoms with Gasteiger partial charge in [0, 0.05) is 18.9 Å². The normalized spacial score (nSPS) is 13.9. The van der Waals surface area contributed by atoms with Gasteiger partial charge in [-0.25, -0.2) is 9.78 Å². The van der Waals surface area contributed by atoms with Gasteiger partial charge in [-0.2, -0.15) is 0 Å². The molecule has 0 bridgehead atoms. The fourth-order valence-electron chi connectivity index (χ4n) is 1.97. The Morgan fingerprint density at radius 3 is 2.95 bits per heavy atom. The lowest BCUT2D eigenvalue weighted by molar-refractivity contribution is -0.125. The molecule has 0 atom stereocenters. The summed E-state index contributed by atoms with van der Waals surface area (Å²) in [5.74, 6) is -0.733. The Kier molecular flexibility index (Phi) is 4.79. The number of pyridine rings is 1. The summed E-state index contributed by atoms with van der Waals surface area (Å²) in [4.78, 5) is 28.6. The topological polar surface area (TPSA) is 70.5 Å². The molecule has 5 nitrogen and oxygen atoms in total. The molecule has 1 aliphatic carbocycles. The SMILES string of the molecule is CN(C(=O)CSc1cc(C(=O)O)ccn1)C1=CCCC1. The Bertz CT molecular complexity index is 557. The molecule has 1 heterocycles. The van der Waals surface area contributed by atoms with Crippen LogP contribution in [0.2, 0.25) is 0 Å². The fraction of sp³-hybridized carbons (Fsp3) is 0.357. The van der Waals surface area contributed by atoms with Gasteiger partial charge in [-0.15, -0.1) is 0 Å². The Hall–Kier alpha value is -1.82. The van der Waals surface area contributed by atoms with Crippen LogP contribution in [-0.2, 0) is 4.79 Å². The monoisotopic (exact) mass is 292 g/mol. The quantitative estimate of drug-likeness (QED) is 0.844.